The molecule has 3 aromatic heterocycles. The van der Waals surface area contributed by atoms with E-state index in [0.717, 1.165) is 22.0 Å². The highest BCUT2D eigenvalue weighted by Gasteiger charge is 2.13. The summed E-state index contributed by atoms with van der Waals surface area (Å²) in [5, 5.41) is 20.2. The van der Waals surface area contributed by atoms with E-state index in [0.29, 0.717) is 42.1 Å². The van der Waals surface area contributed by atoms with Gasteiger partial charge in [0.05, 0.1) is 41.9 Å². The Bertz CT molecular complexity index is 1550. The number of aliphatic hydroxyl groups is 1. The molecule has 0 spiro atoms. The van der Waals surface area contributed by atoms with Gasteiger partial charge in [0.25, 0.3) is 11.5 Å². The highest BCUT2D eigenvalue weighted by molar-refractivity contribution is 6.04. The molecule has 9 heteroatoms. The highest BCUT2D eigenvalue weighted by Crippen LogP contribution is 2.24. The number of fused-ring (bicyclic) bond motifs is 1. The van der Waals surface area contributed by atoms with Crippen LogP contribution < -0.4 is 16.2 Å². The third-order valence-electron chi connectivity index (χ3n) is 5.84. The number of pyridine rings is 1. The number of aliphatic hydroxyl groups excluding tert-OH is 1. The SMILES string of the molecule is O=C(Nc1c[nH]c(=O)c(-c2cc3cc(CNCCO)ccc3[nH]2)c1)c1cnn(Cc2ccccc2)c1. The first-order valence-corrected chi connectivity index (χ1v) is 11.6. The summed E-state index contributed by atoms with van der Waals surface area (Å²) in [5.74, 6) is -0.316. The van der Waals surface area contributed by atoms with Gasteiger partial charge in [-0.1, -0.05) is 36.4 Å². The van der Waals surface area contributed by atoms with Crippen LogP contribution in [0.1, 0.15) is 21.5 Å². The Balaban J connectivity index is 1.32. The molecule has 2 aromatic carbocycles. The molecule has 0 unspecified atom stereocenters. The van der Waals surface area contributed by atoms with Gasteiger partial charge in [-0.15, -0.1) is 0 Å². The molecule has 36 heavy (non-hydrogen) atoms. The molecule has 182 valence electrons. The molecule has 5 N–H and O–H groups in total. The summed E-state index contributed by atoms with van der Waals surface area (Å²) in [6.45, 7) is 1.82. The number of nitrogens with zero attached hydrogens (tertiary/aromatic N) is 2. The second-order valence-corrected chi connectivity index (χ2v) is 8.50. The lowest BCUT2D eigenvalue weighted by atomic mass is 10.1. The van der Waals surface area contributed by atoms with Crippen LogP contribution in [0.2, 0.25) is 0 Å². The quantitative estimate of drug-likeness (QED) is 0.206. The Hall–Kier alpha value is -4.47. The van der Waals surface area contributed by atoms with Gasteiger partial charge in [0.2, 0.25) is 0 Å². The van der Waals surface area contributed by atoms with Gasteiger partial charge in [-0.25, -0.2) is 0 Å². The third kappa shape index (κ3) is 5.27. The molecule has 0 bridgehead atoms. The molecule has 0 saturated heterocycles. The number of amides is 1. The minimum Gasteiger partial charge on any atom is -0.395 e. The molecule has 5 aromatic rings. The van der Waals surface area contributed by atoms with Crippen LogP contribution in [-0.4, -0.2) is 43.9 Å². The summed E-state index contributed by atoms with van der Waals surface area (Å²) >= 11 is 0. The van der Waals surface area contributed by atoms with Gasteiger partial charge in [-0.3, -0.25) is 14.3 Å². The number of rotatable bonds is 9. The van der Waals surface area contributed by atoms with Crippen LogP contribution >= 0.6 is 0 Å². The van der Waals surface area contributed by atoms with E-state index in [4.69, 9.17) is 5.11 Å². The summed E-state index contributed by atoms with van der Waals surface area (Å²) in [7, 11) is 0. The van der Waals surface area contributed by atoms with Crippen molar-refractivity contribution in [3.63, 3.8) is 0 Å². The van der Waals surface area contributed by atoms with E-state index in [1.807, 2.05) is 54.6 Å². The van der Waals surface area contributed by atoms with Crippen LogP contribution in [0.3, 0.4) is 0 Å². The summed E-state index contributed by atoms with van der Waals surface area (Å²) in [6.07, 6.45) is 4.70. The number of H-pyrrole nitrogens is 2. The standard InChI is InChI=1S/C27H26N6O3/c34-9-8-28-13-19-6-7-24-20(10-19)11-25(32-24)23-12-22(15-29-27(23)36)31-26(35)21-14-30-33(17-21)16-18-4-2-1-3-5-18/h1-7,10-12,14-15,17,28,32,34H,8-9,13,16H2,(H,29,36)(H,31,35). The predicted molar refractivity (Wildman–Crippen MR) is 139 cm³/mol. The van der Waals surface area contributed by atoms with Crippen molar-refractivity contribution in [3.05, 3.63) is 106 Å². The number of aromatic amines is 2. The molecule has 0 aliphatic heterocycles. The number of hydrogen-bond acceptors (Lipinski definition) is 5. The van der Waals surface area contributed by atoms with E-state index in [2.05, 4.69) is 25.7 Å². The lowest BCUT2D eigenvalue weighted by molar-refractivity contribution is 0.102. The molecule has 0 fully saturated rings. The number of aromatic nitrogens is 4. The van der Waals surface area contributed by atoms with E-state index in [9.17, 15) is 9.59 Å². The molecule has 1 amide bonds. The van der Waals surface area contributed by atoms with Crippen LogP contribution in [0, 0.1) is 0 Å². The number of benzene rings is 2. The Morgan fingerprint density at radius 3 is 2.75 bits per heavy atom. The smallest absolute Gasteiger partial charge is 0.258 e. The predicted octanol–water partition coefficient (Wildman–Crippen LogP) is 3.10. The van der Waals surface area contributed by atoms with Crippen molar-refractivity contribution in [2.24, 2.45) is 0 Å². The molecule has 0 atom stereocenters. The second-order valence-electron chi connectivity index (χ2n) is 8.50. The van der Waals surface area contributed by atoms with Gasteiger partial charge >= 0.3 is 0 Å². The van der Waals surface area contributed by atoms with Crippen molar-refractivity contribution < 1.29 is 9.90 Å². The highest BCUT2D eigenvalue weighted by atomic mass is 16.3. The van der Waals surface area contributed by atoms with Gasteiger partial charge in [0, 0.05) is 36.4 Å². The zero-order valence-corrected chi connectivity index (χ0v) is 19.5. The van der Waals surface area contributed by atoms with E-state index >= 15 is 0 Å². The maximum Gasteiger partial charge on any atom is 0.258 e. The number of carbonyl (C=O) groups excluding carboxylic acids is 1. The Morgan fingerprint density at radius 2 is 1.92 bits per heavy atom. The fourth-order valence-corrected chi connectivity index (χ4v) is 4.05. The summed E-state index contributed by atoms with van der Waals surface area (Å²) in [4.78, 5) is 31.4. The second kappa shape index (κ2) is 10.4. The first-order valence-electron chi connectivity index (χ1n) is 11.6. The summed E-state index contributed by atoms with van der Waals surface area (Å²) < 4.78 is 1.71. The molecule has 0 aliphatic rings. The zero-order chi connectivity index (χ0) is 24.9. The zero-order valence-electron chi connectivity index (χ0n) is 19.5. The number of anilines is 1. The third-order valence-corrected chi connectivity index (χ3v) is 5.84. The van der Waals surface area contributed by atoms with Crippen molar-refractivity contribution in [1.29, 1.82) is 0 Å². The molecule has 9 nitrogen and oxygen atoms in total. The van der Waals surface area contributed by atoms with Crippen LogP contribution in [0.4, 0.5) is 5.69 Å². The van der Waals surface area contributed by atoms with Gasteiger partial charge in [-0.05, 0) is 35.4 Å². The lowest BCUT2D eigenvalue weighted by Gasteiger charge is -2.05. The fraction of sp³-hybridized carbons (Fsp3) is 0.148. The number of hydrogen-bond donors (Lipinski definition) is 5. The number of carbonyl (C=O) groups is 1. The summed E-state index contributed by atoms with van der Waals surface area (Å²) in [5.41, 5.74) is 4.76. The van der Waals surface area contributed by atoms with Gasteiger partial charge < -0.3 is 25.7 Å². The van der Waals surface area contributed by atoms with Crippen LogP contribution in [0.15, 0.2) is 84.0 Å². The molecular formula is C27H26N6O3. The normalized spacial score (nSPS) is 11.1. The number of nitrogens with one attached hydrogen (secondary N) is 4. The Morgan fingerprint density at radius 1 is 1.06 bits per heavy atom. The van der Waals surface area contributed by atoms with Gasteiger partial charge in [0.15, 0.2) is 0 Å². The van der Waals surface area contributed by atoms with Gasteiger partial charge in [-0.2, -0.15) is 5.10 Å². The molecule has 0 radical (unpaired) electrons. The van der Waals surface area contributed by atoms with Crippen LogP contribution in [0.5, 0.6) is 0 Å². The first kappa shape index (κ1) is 23.3. The van der Waals surface area contributed by atoms with Crippen LogP contribution in [-0.2, 0) is 13.1 Å². The van der Waals surface area contributed by atoms with E-state index in [1.54, 1.807) is 16.9 Å². The minimum absolute atomic E-state index is 0.0855. The van der Waals surface area contributed by atoms with Crippen molar-refractivity contribution in [3.8, 4) is 11.3 Å². The largest absolute Gasteiger partial charge is 0.395 e. The maximum absolute atomic E-state index is 12.8. The van der Waals surface area contributed by atoms with Gasteiger partial charge in [0.1, 0.15) is 0 Å². The van der Waals surface area contributed by atoms with Crippen molar-refractivity contribution in [1.82, 2.24) is 25.1 Å². The van der Waals surface area contributed by atoms with E-state index in [-0.39, 0.29) is 18.1 Å². The average molecular weight is 483 g/mol. The monoisotopic (exact) mass is 482 g/mol. The maximum atomic E-state index is 12.8. The minimum atomic E-state index is -0.316. The summed E-state index contributed by atoms with van der Waals surface area (Å²) in [6, 6.07) is 19.4. The van der Waals surface area contributed by atoms with E-state index in [1.165, 1.54) is 12.4 Å². The van der Waals surface area contributed by atoms with E-state index < -0.39 is 0 Å². The molecule has 5 rings (SSSR count). The topological polar surface area (TPSA) is 128 Å². The Labute approximate surface area is 206 Å². The average Bonchev–Trinajstić information content (AvgIpc) is 3.53. The Kier molecular flexibility index (Phi) is 6.74. The fourth-order valence-electron chi connectivity index (χ4n) is 4.05. The molecule has 0 saturated carbocycles. The van der Waals surface area contributed by atoms with Crippen molar-refractivity contribution in [2.45, 2.75) is 13.1 Å². The van der Waals surface area contributed by atoms with Crippen molar-refractivity contribution in [2.75, 3.05) is 18.5 Å². The molecule has 3 heterocycles. The first-order chi connectivity index (χ1) is 17.6. The van der Waals surface area contributed by atoms with Crippen LogP contribution in [0.25, 0.3) is 22.2 Å². The molecule has 0 aliphatic carbocycles. The molecular weight excluding hydrogens is 456 g/mol. The van der Waals surface area contributed by atoms with Crippen molar-refractivity contribution >= 4 is 22.5 Å². The lowest BCUT2D eigenvalue weighted by Crippen LogP contribution is -2.17.